The topological polar surface area (TPSA) is 46.3 Å². The molecule has 1 aromatic carbocycles. The number of β-lactam (4-membered cyclic amide) rings is 1. The average molecular weight is 238 g/mol. The van der Waals surface area contributed by atoms with Crippen LogP contribution in [0.15, 0.2) is 30.3 Å². The average Bonchev–Trinajstić information content (AvgIpc) is 2.26. The maximum atomic E-state index is 11.6. The second-order valence-electron chi connectivity index (χ2n) is 4.54. The van der Waals surface area contributed by atoms with Gasteiger partial charge in [-0.25, -0.2) is 0 Å². The van der Waals surface area contributed by atoms with E-state index in [9.17, 15) is 4.79 Å². The first-order valence-electron chi connectivity index (χ1n) is 5.14. The van der Waals surface area contributed by atoms with E-state index in [1.54, 1.807) is 0 Å². The Morgan fingerprint density at radius 3 is 2.38 bits per heavy atom. The molecule has 1 fully saturated rings. The molecule has 1 aliphatic heterocycles. The van der Waals surface area contributed by atoms with Crippen LogP contribution in [0.3, 0.4) is 0 Å². The number of nitrogens with two attached hydrogens (primary N) is 1. The summed E-state index contributed by atoms with van der Waals surface area (Å²) in [5.41, 5.74) is 6.68. The number of carbonyl (C=O) groups excluding carboxylic acids is 1. The smallest absolute Gasteiger partial charge is 0.242 e. The van der Waals surface area contributed by atoms with Gasteiger partial charge in [0.05, 0.1) is 5.54 Å². The highest BCUT2D eigenvalue weighted by Crippen LogP contribution is 2.31. The van der Waals surface area contributed by atoms with Gasteiger partial charge in [0, 0.05) is 6.54 Å². The summed E-state index contributed by atoms with van der Waals surface area (Å²) in [7, 11) is 0. The second kappa shape index (κ2) is 4.47. The van der Waals surface area contributed by atoms with Crippen molar-refractivity contribution < 1.29 is 4.79 Å². The van der Waals surface area contributed by atoms with Crippen molar-refractivity contribution in [3.63, 3.8) is 0 Å². The van der Waals surface area contributed by atoms with E-state index in [4.69, 9.17) is 5.73 Å². The van der Waals surface area contributed by atoms with Gasteiger partial charge < -0.3 is 10.6 Å². The first-order chi connectivity index (χ1) is 7.03. The molecule has 0 aromatic heterocycles. The van der Waals surface area contributed by atoms with Crippen molar-refractivity contribution >= 4 is 19.4 Å². The largest absolute Gasteiger partial charge is 0.330 e. The highest BCUT2D eigenvalue weighted by atomic mass is 32.1. The monoisotopic (exact) mass is 238 g/mol. The molecule has 1 saturated heterocycles. The molecule has 2 rings (SSSR count). The Bertz CT molecular complexity index is 378. The molecule has 1 amide bonds. The summed E-state index contributed by atoms with van der Waals surface area (Å²) in [6.07, 6.45) is 0. The number of hydrogen-bond acceptors (Lipinski definition) is 2. The zero-order chi connectivity index (χ0) is 11.1. The minimum Gasteiger partial charge on any atom is -0.330 e. The van der Waals surface area contributed by atoms with E-state index in [1.165, 1.54) is 0 Å². The van der Waals surface area contributed by atoms with E-state index >= 15 is 0 Å². The summed E-state index contributed by atoms with van der Waals surface area (Å²) in [4.78, 5) is 13.4. The normalized spacial score (nSPS) is 22.3. The van der Waals surface area contributed by atoms with Gasteiger partial charge in [-0.1, -0.05) is 30.3 Å². The summed E-state index contributed by atoms with van der Waals surface area (Å²) in [5, 5.41) is 0. The van der Waals surface area contributed by atoms with Crippen LogP contribution in [0.4, 0.5) is 0 Å². The Morgan fingerprint density at radius 1 is 1.31 bits per heavy atom. The summed E-state index contributed by atoms with van der Waals surface area (Å²) in [5.74, 6) is 0.0452. The molecular weight excluding hydrogens is 220 g/mol. The van der Waals surface area contributed by atoms with Crippen LogP contribution < -0.4 is 5.73 Å². The Morgan fingerprint density at radius 2 is 1.88 bits per heavy atom. The number of nitrogens with zero attached hydrogens (tertiary/aromatic N) is 1. The minimum absolute atomic E-state index is 0. The van der Waals surface area contributed by atoms with Crippen LogP contribution in [-0.2, 0) is 11.3 Å². The van der Waals surface area contributed by atoms with Gasteiger partial charge in [0.1, 0.15) is 6.04 Å². The van der Waals surface area contributed by atoms with E-state index < -0.39 is 0 Å². The maximum Gasteiger partial charge on any atom is 0.242 e. The molecule has 2 N–H and O–H groups in total. The van der Waals surface area contributed by atoms with Gasteiger partial charge in [0.15, 0.2) is 0 Å². The molecule has 3 nitrogen and oxygen atoms in total. The Kier molecular flexibility index (Phi) is 3.65. The van der Waals surface area contributed by atoms with Crippen LogP contribution in [0.1, 0.15) is 19.4 Å². The third-order valence-corrected chi connectivity index (χ3v) is 3.17. The Balaban J connectivity index is 0.00000128. The molecule has 4 heteroatoms. The SMILES string of the molecule is CC1(C)[C@H](N)C(=O)N1Cc1ccccc1.S. The third-order valence-electron chi connectivity index (χ3n) is 3.17. The fourth-order valence-corrected chi connectivity index (χ4v) is 1.90. The molecule has 0 saturated carbocycles. The summed E-state index contributed by atoms with van der Waals surface area (Å²) < 4.78 is 0. The van der Waals surface area contributed by atoms with Gasteiger partial charge in [-0.15, -0.1) is 0 Å². The van der Waals surface area contributed by atoms with E-state index in [2.05, 4.69) is 0 Å². The van der Waals surface area contributed by atoms with E-state index in [0.29, 0.717) is 6.54 Å². The quantitative estimate of drug-likeness (QED) is 0.788. The highest BCUT2D eigenvalue weighted by molar-refractivity contribution is 7.59. The lowest BCUT2D eigenvalue weighted by atomic mass is 9.82. The summed E-state index contributed by atoms with van der Waals surface area (Å²) in [6.45, 7) is 4.66. The molecule has 0 bridgehead atoms. The van der Waals surface area contributed by atoms with Crippen molar-refractivity contribution in [2.45, 2.75) is 32.0 Å². The first kappa shape index (κ1) is 13.1. The molecule has 88 valence electrons. The van der Waals surface area contributed by atoms with E-state index in [0.717, 1.165) is 5.56 Å². The molecule has 1 heterocycles. The van der Waals surface area contributed by atoms with Crippen molar-refractivity contribution in [2.24, 2.45) is 5.73 Å². The van der Waals surface area contributed by atoms with Crippen molar-refractivity contribution in [3.05, 3.63) is 35.9 Å². The highest BCUT2D eigenvalue weighted by Gasteiger charge is 2.51. The molecule has 0 unspecified atom stereocenters. The fraction of sp³-hybridized carbons (Fsp3) is 0.417. The van der Waals surface area contributed by atoms with Gasteiger partial charge in [0.2, 0.25) is 5.91 Å². The predicted molar refractivity (Wildman–Crippen MR) is 69.4 cm³/mol. The van der Waals surface area contributed by atoms with Crippen LogP contribution in [0.5, 0.6) is 0 Å². The van der Waals surface area contributed by atoms with Gasteiger partial charge in [-0.05, 0) is 19.4 Å². The van der Waals surface area contributed by atoms with Crippen LogP contribution in [0.25, 0.3) is 0 Å². The van der Waals surface area contributed by atoms with Crippen LogP contribution in [0.2, 0.25) is 0 Å². The van der Waals surface area contributed by atoms with Gasteiger partial charge in [-0.2, -0.15) is 13.5 Å². The number of carbonyl (C=O) groups is 1. The van der Waals surface area contributed by atoms with E-state index in [-0.39, 0.29) is 31.0 Å². The molecule has 0 aliphatic carbocycles. The molecular formula is C12H18N2OS. The molecule has 1 aliphatic rings. The lowest BCUT2D eigenvalue weighted by Crippen LogP contribution is -2.74. The van der Waals surface area contributed by atoms with Crippen molar-refractivity contribution in [3.8, 4) is 0 Å². The fourth-order valence-electron chi connectivity index (χ4n) is 1.90. The van der Waals surface area contributed by atoms with Crippen molar-refractivity contribution in [1.29, 1.82) is 0 Å². The summed E-state index contributed by atoms with van der Waals surface area (Å²) >= 11 is 0. The first-order valence-corrected chi connectivity index (χ1v) is 5.14. The molecule has 1 aromatic rings. The second-order valence-corrected chi connectivity index (χ2v) is 4.54. The lowest BCUT2D eigenvalue weighted by molar-refractivity contribution is -0.159. The third kappa shape index (κ3) is 1.95. The van der Waals surface area contributed by atoms with Gasteiger partial charge in [-0.3, -0.25) is 4.79 Å². The number of rotatable bonds is 2. The van der Waals surface area contributed by atoms with Crippen LogP contribution in [0, 0.1) is 0 Å². The summed E-state index contributed by atoms with van der Waals surface area (Å²) in [6, 6.07) is 9.62. The Hall–Kier alpha value is -1.00. The zero-order valence-corrected chi connectivity index (χ0v) is 10.6. The zero-order valence-electron chi connectivity index (χ0n) is 9.60. The van der Waals surface area contributed by atoms with Gasteiger partial charge >= 0.3 is 0 Å². The lowest BCUT2D eigenvalue weighted by Gasteiger charge is -2.52. The standard InChI is InChI=1S/C12H16N2O.H2S/c1-12(2)10(13)11(15)14(12)8-9-6-4-3-5-7-9;/h3-7,10H,8,13H2,1-2H3;1H2/t10-;/m1./s1. The number of likely N-dealkylation sites (tertiary alicyclic amines) is 1. The van der Waals surface area contributed by atoms with Crippen LogP contribution in [-0.4, -0.2) is 22.4 Å². The maximum absolute atomic E-state index is 11.6. The number of benzene rings is 1. The number of amides is 1. The Labute approximate surface area is 103 Å². The predicted octanol–water partition coefficient (Wildman–Crippen LogP) is 1.25. The number of hydrogen-bond donors (Lipinski definition) is 1. The van der Waals surface area contributed by atoms with E-state index in [1.807, 2.05) is 49.1 Å². The molecule has 0 radical (unpaired) electrons. The molecule has 1 atom stereocenters. The van der Waals surface area contributed by atoms with Crippen molar-refractivity contribution in [1.82, 2.24) is 4.90 Å². The van der Waals surface area contributed by atoms with Crippen molar-refractivity contribution in [2.75, 3.05) is 0 Å². The van der Waals surface area contributed by atoms with Crippen LogP contribution >= 0.6 is 13.5 Å². The van der Waals surface area contributed by atoms with Gasteiger partial charge in [0.25, 0.3) is 0 Å². The molecule has 16 heavy (non-hydrogen) atoms. The minimum atomic E-state index is -0.346. The molecule has 0 spiro atoms.